The van der Waals surface area contributed by atoms with Crippen LogP contribution in [0, 0.1) is 6.92 Å². The molecule has 4 heteroatoms. The van der Waals surface area contributed by atoms with Crippen LogP contribution in [-0.2, 0) is 10.4 Å². The van der Waals surface area contributed by atoms with E-state index in [0.717, 1.165) is 0 Å². The maximum atomic E-state index is 13.7. The van der Waals surface area contributed by atoms with Crippen molar-refractivity contribution in [2.24, 2.45) is 0 Å². The molecule has 1 fully saturated rings. The first-order valence-corrected chi connectivity index (χ1v) is 4.08. The third-order valence-electron chi connectivity index (χ3n) is 2.12. The number of halogens is 1. The molecule has 1 aliphatic heterocycles. The minimum Gasteiger partial charge on any atom is -0.374 e. The number of pyridine rings is 1. The molecule has 2 rings (SSSR count). The van der Waals surface area contributed by atoms with E-state index in [-0.39, 0.29) is 18.6 Å². The van der Waals surface area contributed by atoms with E-state index in [0.29, 0.717) is 11.4 Å². The van der Waals surface area contributed by atoms with Crippen molar-refractivity contribution in [2.45, 2.75) is 12.6 Å². The Balaban J connectivity index is 2.45. The van der Waals surface area contributed by atoms with Crippen molar-refractivity contribution in [3.63, 3.8) is 0 Å². The van der Waals surface area contributed by atoms with Crippen LogP contribution >= 0.6 is 0 Å². The van der Waals surface area contributed by atoms with E-state index in [4.69, 9.17) is 4.74 Å². The molecule has 0 amide bonds. The van der Waals surface area contributed by atoms with E-state index in [9.17, 15) is 9.18 Å². The number of alkyl halides is 1. The van der Waals surface area contributed by atoms with Gasteiger partial charge in [-0.25, -0.2) is 4.39 Å². The molecule has 2 heterocycles. The van der Waals surface area contributed by atoms with Gasteiger partial charge in [0, 0.05) is 17.8 Å². The Bertz CT molecular complexity index is 381. The monoisotopic (exact) mass is 183 g/mol. The topological polar surface area (TPSA) is 42.1 Å². The van der Waals surface area contributed by atoms with Gasteiger partial charge in [-0.05, 0) is 6.92 Å². The second kappa shape index (κ2) is 2.67. The van der Waals surface area contributed by atoms with Gasteiger partial charge in [0.2, 0.25) is 0 Å². The number of nitrogens with one attached hydrogen (secondary N) is 1. The Morgan fingerprint density at radius 3 is 2.69 bits per heavy atom. The largest absolute Gasteiger partial charge is 0.374 e. The molecule has 1 saturated heterocycles. The lowest BCUT2D eigenvalue weighted by Gasteiger charge is -2.33. The molecule has 0 radical (unpaired) electrons. The predicted molar refractivity (Wildman–Crippen MR) is 45.4 cm³/mol. The minimum atomic E-state index is -1.48. The SMILES string of the molecule is Cc1cc(=O)cc(C2(F)COC2)[nH]1. The third-order valence-corrected chi connectivity index (χ3v) is 2.12. The van der Waals surface area contributed by atoms with Crippen molar-refractivity contribution in [3.8, 4) is 0 Å². The van der Waals surface area contributed by atoms with Gasteiger partial charge in [0.05, 0.1) is 18.9 Å². The fraction of sp³-hybridized carbons (Fsp3) is 0.444. The highest BCUT2D eigenvalue weighted by Crippen LogP contribution is 2.31. The summed E-state index contributed by atoms with van der Waals surface area (Å²) in [5, 5.41) is 0. The van der Waals surface area contributed by atoms with Crippen molar-refractivity contribution in [2.75, 3.05) is 13.2 Å². The lowest BCUT2D eigenvalue weighted by atomic mass is 9.99. The van der Waals surface area contributed by atoms with E-state index >= 15 is 0 Å². The molecule has 0 spiro atoms. The molecular formula is C9H10FNO2. The van der Waals surface area contributed by atoms with Crippen LogP contribution in [0.25, 0.3) is 0 Å². The Hall–Kier alpha value is -1.16. The maximum Gasteiger partial charge on any atom is 0.196 e. The van der Waals surface area contributed by atoms with Gasteiger partial charge in [-0.3, -0.25) is 4.79 Å². The molecule has 0 aliphatic carbocycles. The zero-order valence-corrected chi connectivity index (χ0v) is 7.26. The normalized spacial score (nSPS) is 19.5. The molecule has 1 N–H and O–H groups in total. The van der Waals surface area contributed by atoms with E-state index in [1.165, 1.54) is 12.1 Å². The van der Waals surface area contributed by atoms with Gasteiger partial charge < -0.3 is 9.72 Å². The van der Waals surface area contributed by atoms with E-state index in [2.05, 4.69) is 4.98 Å². The van der Waals surface area contributed by atoms with Crippen LogP contribution in [-0.4, -0.2) is 18.2 Å². The fourth-order valence-electron chi connectivity index (χ4n) is 1.36. The molecule has 13 heavy (non-hydrogen) atoms. The highest BCUT2D eigenvalue weighted by molar-refractivity contribution is 5.19. The van der Waals surface area contributed by atoms with Crippen molar-refractivity contribution in [1.82, 2.24) is 4.98 Å². The summed E-state index contributed by atoms with van der Waals surface area (Å²) in [5.74, 6) is 0. The number of aryl methyl sites for hydroxylation is 1. The second-order valence-electron chi connectivity index (χ2n) is 3.37. The van der Waals surface area contributed by atoms with Crippen LogP contribution in [0.1, 0.15) is 11.4 Å². The Kier molecular flexibility index (Phi) is 1.73. The van der Waals surface area contributed by atoms with E-state index in [1.807, 2.05) is 0 Å². The number of hydrogen-bond donors (Lipinski definition) is 1. The lowest BCUT2D eigenvalue weighted by molar-refractivity contribution is -0.137. The first kappa shape index (κ1) is 8.44. The van der Waals surface area contributed by atoms with Crippen molar-refractivity contribution in [1.29, 1.82) is 0 Å². The Labute approximate surface area is 74.5 Å². The number of hydrogen-bond acceptors (Lipinski definition) is 2. The first-order chi connectivity index (χ1) is 6.10. The summed E-state index contributed by atoms with van der Waals surface area (Å²) in [4.78, 5) is 13.9. The molecule has 1 aromatic heterocycles. The number of aromatic nitrogens is 1. The van der Waals surface area contributed by atoms with Gasteiger partial charge in [-0.1, -0.05) is 0 Å². The highest BCUT2D eigenvalue weighted by atomic mass is 19.1. The van der Waals surface area contributed by atoms with Crippen molar-refractivity contribution in [3.05, 3.63) is 33.7 Å². The number of H-pyrrole nitrogens is 1. The van der Waals surface area contributed by atoms with Crippen LogP contribution in [0.5, 0.6) is 0 Å². The molecule has 0 bridgehead atoms. The summed E-state index contributed by atoms with van der Waals surface area (Å²) >= 11 is 0. The summed E-state index contributed by atoms with van der Waals surface area (Å²) in [6.07, 6.45) is 0. The second-order valence-corrected chi connectivity index (χ2v) is 3.37. The van der Waals surface area contributed by atoms with Crippen molar-refractivity contribution < 1.29 is 9.13 Å². The molecule has 3 nitrogen and oxygen atoms in total. The predicted octanol–water partition coefficient (Wildman–Crippen LogP) is 0.878. The minimum absolute atomic E-state index is 0.0341. The molecule has 0 saturated carbocycles. The van der Waals surface area contributed by atoms with Crippen LogP contribution in [0.3, 0.4) is 0 Å². The van der Waals surface area contributed by atoms with Gasteiger partial charge in [-0.2, -0.15) is 0 Å². The molecule has 0 atom stereocenters. The average molecular weight is 183 g/mol. The summed E-state index contributed by atoms with van der Waals surface area (Å²) in [7, 11) is 0. The van der Waals surface area contributed by atoms with Gasteiger partial charge in [0.15, 0.2) is 11.1 Å². The molecule has 0 aromatic carbocycles. The number of rotatable bonds is 1. The van der Waals surface area contributed by atoms with Crippen LogP contribution in [0.2, 0.25) is 0 Å². The number of ether oxygens (including phenoxy) is 1. The van der Waals surface area contributed by atoms with E-state index in [1.54, 1.807) is 6.92 Å². The van der Waals surface area contributed by atoms with Crippen LogP contribution < -0.4 is 5.43 Å². The first-order valence-electron chi connectivity index (χ1n) is 4.08. The molecule has 1 aromatic rings. The fourth-order valence-corrected chi connectivity index (χ4v) is 1.36. The molecule has 1 aliphatic rings. The van der Waals surface area contributed by atoms with Gasteiger partial charge in [0.1, 0.15) is 0 Å². The Morgan fingerprint density at radius 1 is 1.54 bits per heavy atom. The lowest BCUT2D eigenvalue weighted by Crippen LogP contribution is -2.43. The quantitative estimate of drug-likeness (QED) is 0.702. The van der Waals surface area contributed by atoms with Gasteiger partial charge in [-0.15, -0.1) is 0 Å². The smallest absolute Gasteiger partial charge is 0.196 e. The maximum absolute atomic E-state index is 13.7. The summed E-state index contributed by atoms with van der Waals surface area (Å²) in [6.45, 7) is 1.80. The van der Waals surface area contributed by atoms with E-state index < -0.39 is 5.67 Å². The average Bonchev–Trinajstić information content (AvgIpc) is 1.98. The zero-order valence-electron chi connectivity index (χ0n) is 7.26. The number of aromatic amines is 1. The zero-order chi connectivity index (χ0) is 9.47. The molecule has 0 unspecified atom stereocenters. The molecular weight excluding hydrogens is 173 g/mol. The third kappa shape index (κ3) is 1.37. The highest BCUT2D eigenvalue weighted by Gasteiger charge is 2.41. The van der Waals surface area contributed by atoms with Crippen LogP contribution in [0.15, 0.2) is 16.9 Å². The van der Waals surface area contributed by atoms with Gasteiger partial charge >= 0.3 is 0 Å². The van der Waals surface area contributed by atoms with Crippen LogP contribution in [0.4, 0.5) is 4.39 Å². The van der Waals surface area contributed by atoms with Gasteiger partial charge in [0.25, 0.3) is 0 Å². The standard InChI is InChI=1S/C9H10FNO2/c1-6-2-7(12)3-8(11-6)9(10)4-13-5-9/h2-3H,4-5H2,1H3,(H,11,12). The summed E-state index contributed by atoms with van der Waals surface area (Å²) < 4.78 is 18.5. The van der Waals surface area contributed by atoms with Crippen molar-refractivity contribution >= 4 is 0 Å². The summed E-state index contributed by atoms with van der Waals surface area (Å²) in [6, 6.07) is 2.72. The Morgan fingerprint density at radius 2 is 2.23 bits per heavy atom. The molecule has 70 valence electrons. The summed E-state index contributed by atoms with van der Waals surface area (Å²) in [5.41, 5.74) is -0.657.